The molecular formula is C14H16N4OS. The van der Waals surface area contributed by atoms with E-state index in [0.717, 1.165) is 12.8 Å². The fourth-order valence-electron chi connectivity index (χ4n) is 2.09. The van der Waals surface area contributed by atoms with Crippen LogP contribution >= 0.6 is 11.3 Å². The number of amides is 1. The molecule has 3 N–H and O–H groups in total. The lowest BCUT2D eigenvalue weighted by molar-refractivity contribution is 0.0724. The molecule has 0 aliphatic heterocycles. The summed E-state index contributed by atoms with van der Waals surface area (Å²) in [6.07, 6.45) is 3.74. The molecule has 1 aliphatic rings. The van der Waals surface area contributed by atoms with E-state index in [2.05, 4.69) is 21.9 Å². The summed E-state index contributed by atoms with van der Waals surface area (Å²) < 4.78 is 0. The van der Waals surface area contributed by atoms with Crippen LogP contribution < -0.4 is 11.3 Å². The summed E-state index contributed by atoms with van der Waals surface area (Å²) in [7, 11) is 0. The molecule has 3 rings (SSSR count). The van der Waals surface area contributed by atoms with Crippen molar-refractivity contribution < 1.29 is 4.79 Å². The van der Waals surface area contributed by atoms with Crippen LogP contribution in [0.5, 0.6) is 0 Å². The highest BCUT2D eigenvalue weighted by Crippen LogP contribution is 2.30. The lowest BCUT2D eigenvalue weighted by Crippen LogP contribution is -2.33. The Bertz CT molecular complexity index is 578. The van der Waals surface area contributed by atoms with Gasteiger partial charge < -0.3 is 10.3 Å². The maximum absolute atomic E-state index is 12.6. The topological polar surface area (TPSA) is 71.2 Å². The summed E-state index contributed by atoms with van der Waals surface area (Å²) >= 11 is 1.65. The highest BCUT2D eigenvalue weighted by Gasteiger charge is 2.33. The Morgan fingerprint density at radius 3 is 2.85 bits per heavy atom. The molecule has 2 heterocycles. The molecular weight excluding hydrogens is 272 g/mol. The third-order valence-corrected chi connectivity index (χ3v) is 4.06. The summed E-state index contributed by atoms with van der Waals surface area (Å²) in [4.78, 5) is 18.7. The molecule has 2 aromatic rings. The number of pyridine rings is 1. The van der Waals surface area contributed by atoms with Gasteiger partial charge in [0, 0.05) is 12.6 Å². The zero-order valence-corrected chi connectivity index (χ0v) is 11.8. The number of hydrazine groups is 1. The summed E-state index contributed by atoms with van der Waals surface area (Å²) in [5.74, 6) is 5.29. The van der Waals surface area contributed by atoms with Gasteiger partial charge in [0.25, 0.3) is 5.91 Å². The largest absolute Gasteiger partial charge is 0.330 e. The molecule has 0 aromatic carbocycles. The van der Waals surface area contributed by atoms with Crippen LogP contribution in [0.25, 0.3) is 0 Å². The number of hydrogen-bond donors (Lipinski definition) is 2. The van der Waals surface area contributed by atoms with Gasteiger partial charge in [-0.2, -0.15) is 11.3 Å². The van der Waals surface area contributed by atoms with Crippen LogP contribution in [0, 0.1) is 0 Å². The molecule has 1 fully saturated rings. The van der Waals surface area contributed by atoms with E-state index in [4.69, 9.17) is 5.84 Å². The average Bonchev–Trinajstić information content (AvgIpc) is 3.21. The van der Waals surface area contributed by atoms with Gasteiger partial charge in [0.1, 0.15) is 5.69 Å². The monoisotopic (exact) mass is 288 g/mol. The Balaban J connectivity index is 1.77. The van der Waals surface area contributed by atoms with E-state index in [9.17, 15) is 4.79 Å². The minimum atomic E-state index is -0.0118. The maximum Gasteiger partial charge on any atom is 0.272 e. The number of anilines is 1. The van der Waals surface area contributed by atoms with Gasteiger partial charge in [-0.25, -0.2) is 4.98 Å². The first kappa shape index (κ1) is 13.1. The van der Waals surface area contributed by atoms with Crippen molar-refractivity contribution in [2.75, 3.05) is 5.43 Å². The van der Waals surface area contributed by atoms with Gasteiger partial charge in [-0.05, 0) is 47.4 Å². The van der Waals surface area contributed by atoms with Crippen molar-refractivity contribution in [3.05, 3.63) is 46.4 Å². The van der Waals surface area contributed by atoms with E-state index in [-0.39, 0.29) is 5.91 Å². The predicted molar refractivity (Wildman–Crippen MR) is 79.3 cm³/mol. The molecule has 20 heavy (non-hydrogen) atoms. The molecule has 0 atom stereocenters. The van der Waals surface area contributed by atoms with Crippen LogP contribution in [0.4, 0.5) is 5.69 Å². The third kappa shape index (κ3) is 2.81. The van der Waals surface area contributed by atoms with Gasteiger partial charge in [-0.3, -0.25) is 10.6 Å². The second-order valence-electron chi connectivity index (χ2n) is 4.87. The van der Waals surface area contributed by atoms with E-state index in [1.54, 1.807) is 29.7 Å². The SMILES string of the molecule is NNc1ccc(C(=O)N(Cc2ccsc2)C2CC2)nc1. The van der Waals surface area contributed by atoms with Crippen LogP contribution in [0.2, 0.25) is 0 Å². The normalized spacial score (nSPS) is 14.1. The predicted octanol–water partition coefficient (Wildman–Crippen LogP) is 2.23. The number of nitrogens with one attached hydrogen (secondary N) is 1. The highest BCUT2D eigenvalue weighted by molar-refractivity contribution is 7.07. The van der Waals surface area contributed by atoms with E-state index < -0.39 is 0 Å². The van der Waals surface area contributed by atoms with Crippen LogP contribution in [-0.4, -0.2) is 21.8 Å². The molecule has 1 saturated carbocycles. The van der Waals surface area contributed by atoms with Crippen LogP contribution in [0.1, 0.15) is 28.9 Å². The van der Waals surface area contributed by atoms with Crippen molar-refractivity contribution in [3.63, 3.8) is 0 Å². The molecule has 0 saturated heterocycles. The minimum absolute atomic E-state index is 0.0118. The first-order chi connectivity index (χ1) is 9.78. The quantitative estimate of drug-likeness (QED) is 0.654. The van der Waals surface area contributed by atoms with Crippen LogP contribution in [0.3, 0.4) is 0 Å². The van der Waals surface area contributed by atoms with Crippen molar-refractivity contribution in [1.82, 2.24) is 9.88 Å². The van der Waals surface area contributed by atoms with Crippen LogP contribution in [-0.2, 0) is 6.54 Å². The van der Waals surface area contributed by atoms with Crippen molar-refractivity contribution in [3.8, 4) is 0 Å². The zero-order chi connectivity index (χ0) is 13.9. The highest BCUT2D eigenvalue weighted by atomic mass is 32.1. The van der Waals surface area contributed by atoms with Crippen molar-refractivity contribution in [2.45, 2.75) is 25.4 Å². The summed E-state index contributed by atoms with van der Waals surface area (Å²) in [6, 6.07) is 5.88. The van der Waals surface area contributed by atoms with E-state index >= 15 is 0 Å². The molecule has 5 nitrogen and oxygen atoms in total. The number of hydrogen-bond acceptors (Lipinski definition) is 5. The number of carbonyl (C=O) groups excluding carboxylic acids is 1. The van der Waals surface area contributed by atoms with E-state index in [1.807, 2.05) is 10.3 Å². The Labute approximate surface area is 121 Å². The molecule has 0 unspecified atom stereocenters. The van der Waals surface area contributed by atoms with E-state index in [1.165, 1.54) is 5.56 Å². The van der Waals surface area contributed by atoms with Gasteiger partial charge in [0.05, 0.1) is 11.9 Å². The second-order valence-corrected chi connectivity index (χ2v) is 5.65. The Morgan fingerprint density at radius 1 is 1.45 bits per heavy atom. The first-order valence-electron chi connectivity index (χ1n) is 6.52. The third-order valence-electron chi connectivity index (χ3n) is 3.33. The number of nitrogen functional groups attached to an aromatic ring is 1. The smallest absolute Gasteiger partial charge is 0.272 e. The van der Waals surface area contributed by atoms with Gasteiger partial charge in [-0.15, -0.1) is 0 Å². The van der Waals surface area contributed by atoms with Gasteiger partial charge in [-0.1, -0.05) is 0 Å². The number of nitrogens with two attached hydrogens (primary N) is 1. The molecule has 104 valence electrons. The molecule has 1 amide bonds. The van der Waals surface area contributed by atoms with Crippen LogP contribution in [0.15, 0.2) is 35.2 Å². The van der Waals surface area contributed by atoms with Gasteiger partial charge in [0.15, 0.2) is 0 Å². The lowest BCUT2D eigenvalue weighted by atomic mass is 10.2. The fourth-order valence-corrected chi connectivity index (χ4v) is 2.74. The minimum Gasteiger partial charge on any atom is -0.330 e. The average molecular weight is 288 g/mol. The molecule has 0 spiro atoms. The fraction of sp³-hybridized carbons (Fsp3) is 0.286. The Morgan fingerprint density at radius 2 is 2.30 bits per heavy atom. The number of aromatic nitrogens is 1. The zero-order valence-electron chi connectivity index (χ0n) is 11.0. The number of carbonyl (C=O) groups is 1. The van der Waals surface area contributed by atoms with Crippen molar-refractivity contribution >= 4 is 22.9 Å². The first-order valence-corrected chi connectivity index (χ1v) is 7.47. The standard InChI is InChI=1S/C14H16N4OS/c15-17-11-1-4-13(16-7-11)14(19)18(12-2-3-12)8-10-5-6-20-9-10/h1,4-7,9,12,17H,2-3,8,15H2. The Kier molecular flexibility index (Phi) is 3.66. The van der Waals surface area contributed by atoms with Gasteiger partial charge >= 0.3 is 0 Å². The van der Waals surface area contributed by atoms with Gasteiger partial charge in [0.2, 0.25) is 0 Å². The van der Waals surface area contributed by atoms with Crippen molar-refractivity contribution in [1.29, 1.82) is 0 Å². The molecule has 0 bridgehead atoms. The summed E-state index contributed by atoms with van der Waals surface area (Å²) in [5, 5.41) is 4.11. The number of nitrogens with zero attached hydrogens (tertiary/aromatic N) is 2. The molecule has 0 radical (unpaired) electrons. The maximum atomic E-state index is 12.6. The molecule has 6 heteroatoms. The van der Waals surface area contributed by atoms with Crippen molar-refractivity contribution in [2.24, 2.45) is 5.84 Å². The molecule has 2 aromatic heterocycles. The number of thiophene rings is 1. The number of rotatable bonds is 5. The molecule has 1 aliphatic carbocycles. The second kappa shape index (κ2) is 5.60. The van der Waals surface area contributed by atoms with E-state index in [0.29, 0.717) is 24.0 Å². The lowest BCUT2D eigenvalue weighted by Gasteiger charge is -2.21. The summed E-state index contributed by atoms with van der Waals surface area (Å²) in [6.45, 7) is 0.658. The Hall–Kier alpha value is -1.92. The summed E-state index contributed by atoms with van der Waals surface area (Å²) in [5.41, 5.74) is 4.84.